The topological polar surface area (TPSA) is 40.0 Å². The number of nitrogens with one attached hydrogen (secondary N) is 1. The fraction of sp³-hybridized carbons (Fsp3) is 0.381. The molecule has 0 aromatic heterocycles. The summed E-state index contributed by atoms with van der Waals surface area (Å²) in [6.45, 7) is 2.05. The average molecular weight is 410 g/mol. The van der Waals surface area contributed by atoms with Gasteiger partial charge in [-0.2, -0.15) is 0 Å². The van der Waals surface area contributed by atoms with Gasteiger partial charge >= 0.3 is 5.97 Å². The van der Waals surface area contributed by atoms with Gasteiger partial charge in [-0.3, -0.25) is 0 Å². The van der Waals surface area contributed by atoms with E-state index in [0.717, 1.165) is 37.4 Å². The van der Waals surface area contributed by atoms with Gasteiger partial charge in [0.2, 0.25) is 0 Å². The van der Waals surface area contributed by atoms with Crippen LogP contribution in [0.3, 0.4) is 0 Å². The van der Waals surface area contributed by atoms with Crippen molar-refractivity contribution in [1.29, 1.82) is 0 Å². The van der Waals surface area contributed by atoms with Gasteiger partial charge in [-0.25, -0.2) is 4.79 Å². The molecule has 2 aromatic carbocycles. The van der Waals surface area contributed by atoms with Gasteiger partial charge in [-0.15, -0.1) is 0 Å². The molecule has 0 bridgehead atoms. The predicted octanol–water partition coefficient (Wildman–Crippen LogP) is -0.466. The number of esters is 1. The molecule has 1 saturated heterocycles. The second kappa shape index (κ2) is 10.5. The lowest BCUT2D eigenvalue weighted by atomic mass is 10.1. The Morgan fingerprint density at radius 2 is 1.59 bits per heavy atom. The van der Waals surface area contributed by atoms with Crippen molar-refractivity contribution >= 4 is 17.6 Å². The van der Waals surface area contributed by atoms with E-state index < -0.39 is 0 Å². The zero-order valence-electron chi connectivity index (χ0n) is 15.4. The highest BCUT2D eigenvalue weighted by Crippen LogP contribution is 2.17. The molecule has 2 aromatic rings. The molecule has 1 fully saturated rings. The van der Waals surface area contributed by atoms with Gasteiger partial charge in [0.05, 0.1) is 20.1 Å². The third kappa shape index (κ3) is 7.06. The molecular formula is C21H25Cl2NO3. The smallest absolute Gasteiger partial charge is 0.344 e. The number of hydrogen-bond acceptors (Lipinski definition) is 3. The third-order valence-corrected chi connectivity index (χ3v) is 4.94. The fourth-order valence-electron chi connectivity index (χ4n) is 3.11. The number of piperidine rings is 1. The Bertz CT molecular complexity index is 711. The minimum atomic E-state index is -0.292. The molecule has 1 aliphatic heterocycles. The molecule has 0 saturated carbocycles. The lowest BCUT2D eigenvalue weighted by molar-refractivity contribution is -0.885. The van der Waals surface area contributed by atoms with E-state index in [2.05, 4.69) is 7.05 Å². The summed E-state index contributed by atoms with van der Waals surface area (Å²) >= 11 is 5.91. The van der Waals surface area contributed by atoms with E-state index in [0.29, 0.717) is 5.75 Å². The molecule has 0 radical (unpaired) electrons. The number of carbonyl (C=O) groups excluding carboxylic acids is 1. The van der Waals surface area contributed by atoms with Crippen LogP contribution in [0.4, 0.5) is 0 Å². The van der Waals surface area contributed by atoms with Crippen molar-refractivity contribution in [3.63, 3.8) is 0 Å². The van der Waals surface area contributed by atoms with Crippen molar-refractivity contribution in [3.8, 4) is 5.75 Å². The lowest BCUT2D eigenvalue weighted by Gasteiger charge is -2.26. The van der Waals surface area contributed by atoms with E-state index in [1.807, 2.05) is 48.5 Å². The molecule has 0 spiro atoms. The second-order valence-corrected chi connectivity index (χ2v) is 7.32. The maximum absolute atomic E-state index is 11.9. The molecule has 27 heavy (non-hydrogen) atoms. The zero-order chi connectivity index (χ0) is 18.4. The van der Waals surface area contributed by atoms with Crippen LogP contribution < -0.4 is 22.0 Å². The van der Waals surface area contributed by atoms with Crippen LogP contribution in [0.5, 0.6) is 5.75 Å². The highest BCUT2D eigenvalue weighted by molar-refractivity contribution is 6.30. The maximum atomic E-state index is 11.9. The summed E-state index contributed by atoms with van der Waals surface area (Å²) < 4.78 is 11.0. The molecule has 1 heterocycles. The monoisotopic (exact) mass is 409 g/mol. The standard InChI is InChI=1S/C21H24ClNO3.ClH/c1-23-12-10-20(11-13-23)26-21(24)15-25-19-8-4-17(5-9-19)14-16-2-6-18(22)7-3-16;/h2-9,20H,10-15H2,1H3;1H. The quantitative estimate of drug-likeness (QED) is 0.655. The van der Waals surface area contributed by atoms with Gasteiger partial charge in [-0.05, 0) is 41.8 Å². The van der Waals surface area contributed by atoms with Gasteiger partial charge in [-0.1, -0.05) is 35.9 Å². The minimum Gasteiger partial charge on any atom is -1.00 e. The second-order valence-electron chi connectivity index (χ2n) is 6.88. The van der Waals surface area contributed by atoms with Crippen molar-refractivity contribution in [2.75, 3.05) is 26.7 Å². The highest BCUT2D eigenvalue weighted by atomic mass is 35.5. The van der Waals surface area contributed by atoms with Gasteiger partial charge in [0.1, 0.15) is 11.9 Å². The van der Waals surface area contributed by atoms with Gasteiger partial charge in [0, 0.05) is 17.9 Å². The van der Waals surface area contributed by atoms with Crippen LogP contribution in [0, 0.1) is 0 Å². The normalized spacial score (nSPS) is 19.0. The number of quaternary nitrogens is 1. The predicted molar refractivity (Wildman–Crippen MR) is 102 cm³/mol. The van der Waals surface area contributed by atoms with Crippen LogP contribution in [0.1, 0.15) is 24.0 Å². The molecule has 0 unspecified atom stereocenters. The third-order valence-electron chi connectivity index (χ3n) is 4.69. The van der Waals surface area contributed by atoms with Crippen molar-refractivity contribution in [1.82, 2.24) is 0 Å². The molecule has 0 amide bonds. The molecule has 0 atom stereocenters. The summed E-state index contributed by atoms with van der Waals surface area (Å²) in [6.07, 6.45) is 2.72. The first-order valence-corrected chi connectivity index (χ1v) is 9.43. The van der Waals surface area contributed by atoms with Crippen LogP contribution in [0.15, 0.2) is 48.5 Å². The van der Waals surface area contributed by atoms with Crippen molar-refractivity contribution in [2.24, 2.45) is 0 Å². The summed E-state index contributed by atoms with van der Waals surface area (Å²) in [5.74, 6) is 0.384. The first-order valence-electron chi connectivity index (χ1n) is 9.05. The van der Waals surface area contributed by atoms with Crippen LogP contribution in [-0.2, 0) is 16.0 Å². The van der Waals surface area contributed by atoms with E-state index >= 15 is 0 Å². The van der Waals surface area contributed by atoms with Crippen LogP contribution in [0.25, 0.3) is 0 Å². The molecule has 3 rings (SSSR count). The van der Waals surface area contributed by atoms with Gasteiger partial charge in [0.15, 0.2) is 6.61 Å². The van der Waals surface area contributed by atoms with Crippen molar-refractivity contribution in [2.45, 2.75) is 25.4 Å². The minimum absolute atomic E-state index is 0. The lowest BCUT2D eigenvalue weighted by Crippen LogP contribution is -3.10. The number of halogens is 2. The molecule has 4 nitrogen and oxygen atoms in total. The number of likely N-dealkylation sites (tertiary alicyclic amines) is 1. The largest absolute Gasteiger partial charge is 1.00 e. The number of ether oxygens (including phenoxy) is 2. The number of rotatable bonds is 6. The zero-order valence-corrected chi connectivity index (χ0v) is 16.9. The van der Waals surface area contributed by atoms with E-state index in [1.165, 1.54) is 16.0 Å². The molecule has 0 aliphatic carbocycles. The Morgan fingerprint density at radius 3 is 2.19 bits per heavy atom. The molecule has 6 heteroatoms. The Kier molecular flexibility index (Phi) is 8.42. The maximum Gasteiger partial charge on any atom is 0.344 e. The summed E-state index contributed by atoms with van der Waals surface area (Å²) in [4.78, 5) is 13.4. The SMILES string of the molecule is C[NH+]1CCC(OC(=O)COc2ccc(Cc3ccc(Cl)cc3)cc2)CC1.[Cl-]. The Balaban J connectivity index is 0.00000261. The Labute approximate surface area is 171 Å². The summed E-state index contributed by atoms with van der Waals surface area (Å²) in [6, 6.07) is 15.6. The van der Waals surface area contributed by atoms with Crippen molar-refractivity contribution < 1.29 is 31.6 Å². The number of hydrogen-bond donors (Lipinski definition) is 1. The Hall–Kier alpha value is -1.75. The van der Waals surface area contributed by atoms with Crippen molar-refractivity contribution in [3.05, 3.63) is 64.7 Å². The summed E-state index contributed by atoms with van der Waals surface area (Å²) in [5.41, 5.74) is 2.38. The van der Waals surface area contributed by atoms with Crippen LogP contribution in [-0.4, -0.2) is 38.8 Å². The van der Waals surface area contributed by atoms with Crippen LogP contribution >= 0.6 is 11.6 Å². The van der Waals surface area contributed by atoms with E-state index in [1.54, 1.807) is 0 Å². The van der Waals surface area contributed by atoms with Gasteiger partial charge in [0.25, 0.3) is 0 Å². The first kappa shape index (κ1) is 21.5. The molecule has 1 aliphatic rings. The average Bonchev–Trinajstić information content (AvgIpc) is 2.65. The van der Waals surface area contributed by atoms with E-state index in [-0.39, 0.29) is 31.1 Å². The molecule has 146 valence electrons. The number of benzene rings is 2. The Morgan fingerprint density at radius 1 is 1.04 bits per heavy atom. The van der Waals surface area contributed by atoms with E-state index in [4.69, 9.17) is 21.1 Å². The first-order chi connectivity index (χ1) is 12.6. The summed E-state index contributed by atoms with van der Waals surface area (Å²) in [7, 11) is 2.16. The summed E-state index contributed by atoms with van der Waals surface area (Å²) in [5, 5.41) is 0.742. The highest BCUT2D eigenvalue weighted by Gasteiger charge is 2.22. The molecule has 1 N–H and O–H groups in total. The molecular weight excluding hydrogens is 385 g/mol. The van der Waals surface area contributed by atoms with Gasteiger partial charge < -0.3 is 26.8 Å². The van der Waals surface area contributed by atoms with Crippen LogP contribution in [0.2, 0.25) is 5.02 Å². The fourth-order valence-corrected chi connectivity index (χ4v) is 3.23. The van der Waals surface area contributed by atoms with E-state index in [9.17, 15) is 4.79 Å². The number of carbonyl (C=O) groups is 1.